The Morgan fingerprint density at radius 2 is 1.90 bits per heavy atom. The molecule has 0 saturated heterocycles. The third-order valence-corrected chi connectivity index (χ3v) is 2.46. The van der Waals surface area contributed by atoms with E-state index in [9.17, 15) is 19.8 Å². The largest absolute Gasteiger partial charge is 0.504 e. The molecular weight excluding hydrogens is 274 g/mol. The Bertz CT molecular complexity index is 617. The minimum atomic E-state index is -0.588. The molecule has 0 bridgehead atoms. The van der Waals surface area contributed by atoms with Crippen LogP contribution < -0.4 is 10.6 Å². The molecule has 0 aliphatic carbocycles. The van der Waals surface area contributed by atoms with Crippen LogP contribution >= 0.6 is 0 Å². The molecule has 21 heavy (non-hydrogen) atoms. The number of carbonyl (C=O) groups excluding carboxylic acids is 2. The molecule has 1 aromatic carbocycles. The first-order chi connectivity index (χ1) is 9.93. The van der Waals surface area contributed by atoms with E-state index in [2.05, 4.69) is 10.6 Å². The molecule has 7 nitrogen and oxygen atoms in total. The molecule has 7 heteroatoms. The Labute approximate surface area is 121 Å². The van der Waals surface area contributed by atoms with Gasteiger partial charge in [0.1, 0.15) is 11.6 Å². The van der Waals surface area contributed by atoms with Crippen LogP contribution in [0.25, 0.3) is 6.08 Å². The van der Waals surface area contributed by atoms with Gasteiger partial charge in [0.15, 0.2) is 11.5 Å². The van der Waals surface area contributed by atoms with Crippen LogP contribution in [0.15, 0.2) is 23.8 Å². The van der Waals surface area contributed by atoms with Gasteiger partial charge in [-0.05, 0) is 23.8 Å². The van der Waals surface area contributed by atoms with E-state index in [0.29, 0.717) is 5.56 Å². The topological polar surface area (TPSA) is 122 Å². The van der Waals surface area contributed by atoms with E-state index in [-0.39, 0.29) is 36.1 Å². The minimum Gasteiger partial charge on any atom is -0.504 e. The van der Waals surface area contributed by atoms with E-state index in [4.69, 9.17) is 5.26 Å². The highest BCUT2D eigenvalue weighted by Gasteiger charge is 2.09. The smallest absolute Gasteiger partial charge is 0.262 e. The lowest BCUT2D eigenvalue weighted by molar-refractivity contribution is -0.120. The summed E-state index contributed by atoms with van der Waals surface area (Å²) in [5.74, 6) is -1.42. The standard InChI is InChI=1S/C14H15N3O4/c1-9(18)16-4-5-17-14(21)11(8-15)6-10-2-3-12(19)13(20)7-10/h2-3,6-7,19-20H,4-5H2,1H3,(H,16,18)(H,17,21)/b11-6+. The molecule has 0 aliphatic heterocycles. The van der Waals surface area contributed by atoms with E-state index in [0.717, 1.165) is 0 Å². The van der Waals surface area contributed by atoms with Crippen LogP contribution in [0.5, 0.6) is 11.5 Å². The Morgan fingerprint density at radius 1 is 1.24 bits per heavy atom. The highest BCUT2D eigenvalue weighted by molar-refractivity contribution is 6.01. The zero-order valence-electron chi connectivity index (χ0n) is 11.4. The number of nitrogens with one attached hydrogen (secondary N) is 2. The second kappa shape index (κ2) is 7.55. The molecule has 0 atom stereocenters. The van der Waals surface area contributed by atoms with Crippen LogP contribution in [0.4, 0.5) is 0 Å². The summed E-state index contributed by atoms with van der Waals surface area (Å²) in [5, 5.41) is 32.5. The molecule has 1 aromatic rings. The van der Waals surface area contributed by atoms with Gasteiger partial charge in [-0.1, -0.05) is 6.07 Å². The summed E-state index contributed by atoms with van der Waals surface area (Å²) >= 11 is 0. The van der Waals surface area contributed by atoms with Crippen molar-refractivity contribution in [3.05, 3.63) is 29.3 Å². The van der Waals surface area contributed by atoms with Crippen LogP contribution in [0, 0.1) is 11.3 Å². The van der Waals surface area contributed by atoms with Crippen molar-refractivity contribution >= 4 is 17.9 Å². The summed E-state index contributed by atoms with van der Waals surface area (Å²) in [5.41, 5.74) is 0.252. The van der Waals surface area contributed by atoms with Gasteiger partial charge in [0.25, 0.3) is 5.91 Å². The predicted molar refractivity (Wildman–Crippen MR) is 75.1 cm³/mol. The fraction of sp³-hybridized carbons (Fsp3) is 0.214. The van der Waals surface area contributed by atoms with Gasteiger partial charge in [0.2, 0.25) is 5.91 Å². The van der Waals surface area contributed by atoms with Gasteiger partial charge in [-0.25, -0.2) is 0 Å². The summed E-state index contributed by atoms with van der Waals surface area (Å²) in [4.78, 5) is 22.4. The molecule has 0 aromatic heterocycles. The lowest BCUT2D eigenvalue weighted by Gasteiger charge is -2.05. The molecule has 0 heterocycles. The van der Waals surface area contributed by atoms with Crippen molar-refractivity contribution in [3.8, 4) is 17.6 Å². The predicted octanol–water partition coefficient (Wildman–Crippen LogP) is 0.257. The van der Waals surface area contributed by atoms with Crippen LogP contribution in [-0.4, -0.2) is 35.1 Å². The monoisotopic (exact) mass is 289 g/mol. The van der Waals surface area contributed by atoms with Crippen molar-refractivity contribution in [2.24, 2.45) is 0 Å². The molecule has 0 aliphatic rings. The van der Waals surface area contributed by atoms with Crippen molar-refractivity contribution < 1.29 is 19.8 Å². The van der Waals surface area contributed by atoms with Crippen molar-refractivity contribution in [2.75, 3.05) is 13.1 Å². The number of nitriles is 1. The maximum Gasteiger partial charge on any atom is 0.262 e. The molecule has 4 N–H and O–H groups in total. The number of rotatable bonds is 5. The van der Waals surface area contributed by atoms with E-state index >= 15 is 0 Å². The summed E-state index contributed by atoms with van der Waals surface area (Å²) in [7, 11) is 0. The van der Waals surface area contributed by atoms with Crippen molar-refractivity contribution in [3.63, 3.8) is 0 Å². The number of phenolic OH excluding ortho intramolecular Hbond substituents is 2. The molecule has 1 rings (SSSR count). The molecule has 0 saturated carbocycles. The summed E-state index contributed by atoms with van der Waals surface area (Å²) in [6, 6.07) is 5.70. The number of carbonyl (C=O) groups is 2. The SMILES string of the molecule is CC(=O)NCCNC(=O)/C(C#N)=C/c1ccc(O)c(O)c1. The first-order valence-electron chi connectivity index (χ1n) is 6.10. The van der Waals surface area contributed by atoms with Gasteiger partial charge in [-0.3, -0.25) is 9.59 Å². The van der Waals surface area contributed by atoms with Gasteiger partial charge in [-0.2, -0.15) is 5.26 Å². The number of benzene rings is 1. The number of phenols is 2. The molecule has 0 fully saturated rings. The quantitative estimate of drug-likeness (QED) is 0.268. The molecule has 0 radical (unpaired) electrons. The maximum atomic E-state index is 11.7. The second-order valence-corrected chi connectivity index (χ2v) is 4.16. The van der Waals surface area contributed by atoms with Crippen LogP contribution in [-0.2, 0) is 9.59 Å². The lowest BCUT2D eigenvalue weighted by Crippen LogP contribution is -2.34. The van der Waals surface area contributed by atoms with E-state index in [1.165, 1.54) is 31.2 Å². The average Bonchev–Trinajstić information content (AvgIpc) is 2.44. The Balaban J connectivity index is 2.70. The molecule has 110 valence electrons. The van der Waals surface area contributed by atoms with Gasteiger partial charge < -0.3 is 20.8 Å². The average molecular weight is 289 g/mol. The van der Waals surface area contributed by atoms with E-state index < -0.39 is 5.91 Å². The fourth-order valence-corrected chi connectivity index (χ4v) is 1.46. The van der Waals surface area contributed by atoms with Gasteiger partial charge in [0, 0.05) is 20.0 Å². The molecule has 2 amide bonds. The fourth-order valence-electron chi connectivity index (χ4n) is 1.46. The Morgan fingerprint density at radius 3 is 2.48 bits per heavy atom. The van der Waals surface area contributed by atoms with E-state index in [1.54, 1.807) is 6.07 Å². The van der Waals surface area contributed by atoms with Gasteiger partial charge in [0.05, 0.1) is 0 Å². The lowest BCUT2D eigenvalue weighted by atomic mass is 10.1. The number of amides is 2. The zero-order valence-corrected chi connectivity index (χ0v) is 11.4. The number of aromatic hydroxyl groups is 2. The number of hydrogen-bond acceptors (Lipinski definition) is 5. The Kier molecular flexibility index (Phi) is 5.77. The van der Waals surface area contributed by atoms with E-state index in [1.807, 2.05) is 0 Å². The van der Waals surface area contributed by atoms with Crippen molar-refractivity contribution in [2.45, 2.75) is 6.92 Å². The molecule has 0 unspecified atom stereocenters. The molecule has 0 spiro atoms. The third kappa shape index (κ3) is 5.24. The van der Waals surface area contributed by atoms with Crippen molar-refractivity contribution in [1.29, 1.82) is 5.26 Å². The third-order valence-electron chi connectivity index (χ3n) is 2.46. The summed E-state index contributed by atoms with van der Waals surface area (Å²) in [6.45, 7) is 1.82. The summed E-state index contributed by atoms with van der Waals surface area (Å²) < 4.78 is 0. The minimum absolute atomic E-state index is 0.150. The Hall–Kier alpha value is -3.01. The van der Waals surface area contributed by atoms with Crippen LogP contribution in [0.2, 0.25) is 0 Å². The normalized spacial score (nSPS) is 10.6. The van der Waals surface area contributed by atoms with Gasteiger partial charge in [-0.15, -0.1) is 0 Å². The number of nitrogens with zero attached hydrogens (tertiary/aromatic N) is 1. The molecular formula is C14H15N3O4. The first kappa shape index (κ1) is 16.0. The van der Waals surface area contributed by atoms with Crippen LogP contribution in [0.3, 0.4) is 0 Å². The highest BCUT2D eigenvalue weighted by atomic mass is 16.3. The number of hydrogen-bond donors (Lipinski definition) is 4. The second-order valence-electron chi connectivity index (χ2n) is 4.16. The van der Waals surface area contributed by atoms with Crippen LogP contribution in [0.1, 0.15) is 12.5 Å². The zero-order chi connectivity index (χ0) is 15.8. The highest BCUT2D eigenvalue weighted by Crippen LogP contribution is 2.25. The van der Waals surface area contributed by atoms with Crippen molar-refractivity contribution in [1.82, 2.24) is 10.6 Å². The maximum absolute atomic E-state index is 11.7. The summed E-state index contributed by atoms with van der Waals surface area (Å²) in [6.07, 6.45) is 1.28. The van der Waals surface area contributed by atoms with Gasteiger partial charge >= 0.3 is 0 Å². The first-order valence-corrected chi connectivity index (χ1v) is 6.10.